The lowest BCUT2D eigenvalue weighted by Crippen LogP contribution is -2.29. The summed E-state index contributed by atoms with van der Waals surface area (Å²) >= 11 is 8.16. The van der Waals surface area contributed by atoms with Crippen molar-refractivity contribution in [1.29, 1.82) is 0 Å². The smallest absolute Gasteiger partial charge is 0.436 e. The van der Waals surface area contributed by atoms with E-state index >= 15 is 0 Å². The molecular formula is C16H18BrF3N4OS. The first-order chi connectivity index (χ1) is 12.2. The average molecular weight is 451 g/mol. The molecule has 0 unspecified atom stereocenters. The van der Waals surface area contributed by atoms with Gasteiger partial charge in [0.2, 0.25) is 0 Å². The molecule has 2 rings (SSSR count). The molecule has 0 saturated carbocycles. The first-order valence-corrected chi connectivity index (χ1v) is 8.91. The average Bonchev–Trinajstić information content (AvgIpc) is 2.87. The summed E-state index contributed by atoms with van der Waals surface area (Å²) in [7, 11) is 1.58. The molecule has 2 N–H and O–H groups in total. The number of thiocarbonyl (C=S) groups is 1. The molecular weight excluding hydrogens is 433 g/mol. The molecule has 0 aliphatic heterocycles. The summed E-state index contributed by atoms with van der Waals surface area (Å²) in [5.41, 5.74) is 0.316. The van der Waals surface area contributed by atoms with E-state index < -0.39 is 11.9 Å². The van der Waals surface area contributed by atoms with Crippen LogP contribution in [0.3, 0.4) is 0 Å². The maximum absolute atomic E-state index is 12.8. The summed E-state index contributed by atoms with van der Waals surface area (Å²) in [5.74, 6) is 0.706. The molecule has 26 heavy (non-hydrogen) atoms. The summed E-state index contributed by atoms with van der Waals surface area (Å²) in [6.45, 7) is 2.43. The van der Waals surface area contributed by atoms with Crippen LogP contribution in [0.4, 0.5) is 18.9 Å². The molecule has 0 radical (unpaired) electrons. The van der Waals surface area contributed by atoms with E-state index in [0.29, 0.717) is 36.1 Å². The first kappa shape index (κ1) is 20.5. The van der Waals surface area contributed by atoms with E-state index in [1.165, 1.54) is 4.68 Å². The fourth-order valence-electron chi connectivity index (χ4n) is 2.23. The quantitative estimate of drug-likeness (QED) is 0.505. The fraction of sp³-hybridized carbons (Fsp3) is 0.375. The second-order valence-corrected chi connectivity index (χ2v) is 6.64. The van der Waals surface area contributed by atoms with Crippen molar-refractivity contribution in [2.24, 2.45) is 0 Å². The molecule has 0 aliphatic rings. The van der Waals surface area contributed by atoms with E-state index in [-0.39, 0.29) is 4.47 Å². The highest BCUT2D eigenvalue weighted by Gasteiger charge is 2.37. The zero-order valence-corrected chi connectivity index (χ0v) is 16.6. The largest absolute Gasteiger partial charge is 0.497 e. The number of benzene rings is 1. The minimum Gasteiger partial charge on any atom is -0.497 e. The molecule has 1 aromatic heterocycles. The van der Waals surface area contributed by atoms with E-state index in [1.54, 1.807) is 20.1 Å². The standard InChI is InChI=1S/C16H18BrF3N4OS/c1-10-13(17)14(16(18,19)20)23-24(10)8-4-7-21-15(26)22-11-5-3-6-12(9-11)25-2/h3,5-6,9H,4,7-8H2,1-2H3,(H2,21,22,26). The van der Waals surface area contributed by atoms with Crippen LogP contribution >= 0.6 is 28.1 Å². The Labute approximate surface area is 163 Å². The summed E-state index contributed by atoms with van der Waals surface area (Å²) in [4.78, 5) is 0. The zero-order chi connectivity index (χ0) is 19.3. The summed E-state index contributed by atoms with van der Waals surface area (Å²) in [6, 6.07) is 7.30. The Hall–Kier alpha value is -1.81. The van der Waals surface area contributed by atoms with E-state index in [9.17, 15) is 13.2 Å². The van der Waals surface area contributed by atoms with Crippen LogP contribution in [0.15, 0.2) is 28.7 Å². The minimum atomic E-state index is -4.48. The minimum absolute atomic E-state index is 0.0202. The topological polar surface area (TPSA) is 51.1 Å². The fourth-order valence-corrected chi connectivity index (χ4v) is 2.96. The molecule has 1 heterocycles. The van der Waals surface area contributed by atoms with Crippen LogP contribution in [0.25, 0.3) is 0 Å². The lowest BCUT2D eigenvalue weighted by atomic mass is 10.3. The van der Waals surface area contributed by atoms with Gasteiger partial charge >= 0.3 is 6.18 Å². The van der Waals surface area contributed by atoms with Gasteiger partial charge in [-0.3, -0.25) is 4.68 Å². The maximum Gasteiger partial charge on any atom is 0.436 e. The lowest BCUT2D eigenvalue weighted by Gasteiger charge is -2.11. The van der Waals surface area contributed by atoms with Gasteiger partial charge in [0.25, 0.3) is 0 Å². The molecule has 0 amide bonds. The molecule has 10 heteroatoms. The third-order valence-electron chi connectivity index (χ3n) is 3.56. The van der Waals surface area contributed by atoms with Crippen molar-refractivity contribution in [2.45, 2.75) is 26.1 Å². The third kappa shape index (κ3) is 5.34. The Kier molecular flexibility index (Phi) is 6.87. The highest BCUT2D eigenvalue weighted by Crippen LogP contribution is 2.35. The third-order valence-corrected chi connectivity index (χ3v) is 4.76. The van der Waals surface area contributed by atoms with Crippen LogP contribution in [0.1, 0.15) is 17.8 Å². The van der Waals surface area contributed by atoms with Gasteiger partial charge < -0.3 is 15.4 Å². The number of aryl methyl sites for hydroxylation is 1. The zero-order valence-electron chi connectivity index (χ0n) is 14.2. The second-order valence-electron chi connectivity index (χ2n) is 5.44. The van der Waals surface area contributed by atoms with Crippen molar-refractivity contribution >= 4 is 38.9 Å². The van der Waals surface area contributed by atoms with Crippen molar-refractivity contribution in [2.75, 3.05) is 19.0 Å². The maximum atomic E-state index is 12.8. The predicted molar refractivity (Wildman–Crippen MR) is 102 cm³/mol. The number of nitrogens with one attached hydrogen (secondary N) is 2. The molecule has 1 aromatic carbocycles. The second kappa shape index (κ2) is 8.72. The van der Waals surface area contributed by atoms with Crippen LogP contribution in [-0.4, -0.2) is 28.5 Å². The molecule has 2 aromatic rings. The number of anilines is 1. The van der Waals surface area contributed by atoms with Crippen molar-refractivity contribution in [1.82, 2.24) is 15.1 Å². The van der Waals surface area contributed by atoms with Crippen LogP contribution in [0.5, 0.6) is 5.75 Å². The molecule has 0 bridgehead atoms. The van der Waals surface area contributed by atoms with Gasteiger partial charge in [0.1, 0.15) is 5.75 Å². The Morgan fingerprint density at radius 2 is 2.12 bits per heavy atom. The van der Waals surface area contributed by atoms with Gasteiger partial charge in [0.05, 0.1) is 17.3 Å². The van der Waals surface area contributed by atoms with Gasteiger partial charge in [-0.15, -0.1) is 0 Å². The van der Waals surface area contributed by atoms with Crippen LogP contribution in [-0.2, 0) is 12.7 Å². The highest BCUT2D eigenvalue weighted by molar-refractivity contribution is 9.10. The lowest BCUT2D eigenvalue weighted by molar-refractivity contribution is -0.142. The summed E-state index contributed by atoms with van der Waals surface area (Å²) < 4.78 is 45.0. The number of hydrogen-bond acceptors (Lipinski definition) is 3. The number of methoxy groups -OCH3 is 1. The van der Waals surface area contributed by atoms with Gasteiger partial charge in [0, 0.05) is 24.8 Å². The van der Waals surface area contributed by atoms with Crippen molar-refractivity contribution < 1.29 is 17.9 Å². The van der Waals surface area contributed by atoms with E-state index in [4.69, 9.17) is 17.0 Å². The number of alkyl halides is 3. The predicted octanol–water partition coefficient (Wildman–Crippen LogP) is 4.36. The Bertz CT molecular complexity index is 779. The number of rotatable bonds is 6. The van der Waals surface area contributed by atoms with Gasteiger partial charge in [-0.25, -0.2) is 0 Å². The van der Waals surface area contributed by atoms with Gasteiger partial charge in [-0.05, 0) is 53.6 Å². The normalized spacial score (nSPS) is 11.3. The molecule has 0 atom stereocenters. The molecule has 0 spiro atoms. The number of halogens is 4. The van der Waals surface area contributed by atoms with Crippen LogP contribution in [0.2, 0.25) is 0 Å². The van der Waals surface area contributed by atoms with E-state index in [1.807, 2.05) is 18.2 Å². The van der Waals surface area contributed by atoms with Gasteiger partial charge in [-0.1, -0.05) is 6.07 Å². The molecule has 0 aliphatic carbocycles. The van der Waals surface area contributed by atoms with E-state index in [2.05, 4.69) is 31.7 Å². The number of hydrogen-bond donors (Lipinski definition) is 2. The number of ether oxygens (including phenoxy) is 1. The Balaban J connectivity index is 1.82. The van der Waals surface area contributed by atoms with Crippen LogP contribution < -0.4 is 15.4 Å². The number of aromatic nitrogens is 2. The van der Waals surface area contributed by atoms with Crippen molar-refractivity contribution in [3.63, 3.8) is 0 Å². The van der Waals surface area contributed by atoms with Crippen LogP contribution in [0, 0.1) is 6.92 Å². The first-order valence-electron chi connectivity index (χ1n) is 7.71. The summed E-state index contributed by atoms with van der Waals surface area (Å²) in [5, 5.41) is 10.1. The molecule has 5 nitrogen and oxygen atoms in total. The van der Waals surface area contributed by atoms with Gasteiger partial charge in [0.15, 0.2) is 10.8 Å². The van der Waals surface area contributed by atoms with Gasteiger partial charge in [-0.2, -0.15) is 18.3 Å². The molecule has 0 saturated heterocycles. The number of nitrogens with zero attached hydrogens (tertiary/aromatic N) is 2. The monoisotopic (exact) mass is 450 g/mol. The van der Waals surface area contributed by atoms with Crippen molar-refractivity contribution in [3.8, 4) is 5.75 Å². The summed E-state index contributed by atoms with van der Waals surface area (Å²) in [6.07, 6.45) is -3.92. The highest BCUT2D eigenvalue weighted by atomic mass is 79.9. The molecule has 0 fully saturated rings. The Morgan fingerprint density at radius 1 is 1.38 bits per heavy atom. The van der Waals surface area contributed by atoms with E-state index in [0.717, 1.165) is 5.69 Å². The van der Waals surface area contributed by atoms with Crippen molar-refractivity contribution in [3.05, 3.63) is 40.1 Å². The molecule has 142 valence electrons. The Morgan fingerprint density at radius 3 is 2.73 bits per heavy atom. The SMILES string of the molecule is COc1cccc(NC(=S)NCCCn2nc(C(F)(F)F)c(Br)c2C)c1.